The molecule has 20 heavy (non-hydrogen) atoms. The van der Waals surface area contributed by atoms with Gasteiger partial charge in [-0.15, -0.1) is 11.3 Å². The topological polar surface area (TPSA) is 109 Å². The monoisotopic (exact) mass is 313 g/mol. The van der Waals surface area contributed by atoms with E-state index in [1.807, 2.05) is 5.38 Å². The minimum absolute atomic E-state index is 0.0635. The number of carboxylic acid groups (broad SMARTS) is 1. The zero-order valence-corrected chi connectivity index (χ0v) is 11.8. The minimum atomic E-state index is -3.73. The molecule has 0 aliphatic heterocycles. The Bertz CT molecular complexity index is 681. The molecule has 0 bridgehead atoms. The van der Waals surface area contributed by atoms with E-state index < -0.39 is 16.0 Å². The van der Waals surface area contributed by atoms with Gasteiger partial charge in [0, 0.05) is 24.5 Å². The summed E-state index contributed by atoms with van der Waals surface area (Å²) >= 11 is 1.44. The average molecular weight is 313 g/mol. The van der Waals surface area contributed by atoms with Crippen molar-refractivity contribution in [3.05, 3.63) is 40.5 Å². The van der Waals surface area contributed by atoms with Crippen LogP contribution in [0.2, 0.25) is 0 Å². The number of carboxylic acids is 1. The summed E-state index contributed by atoms with van der Waals surface area (Å²) in [6, 6.07) is 2.36. The molecule has 2 heterocycles. The third kappa shape index (κ3) is 3.59. The van der Waals surface area contributed by atoms with Crippen molar-refractivity contribution in [1.82, 2.24) is 14.7 Å². The van der Waals surface area contributed by atoms with Crippen LogP contribution in [0.1, 0.15) is 16.1 Å². The van der Waals surface area contributed by atoms with E-state index in [2.05, 4.69) is 14.7 Å². The molecule has 2 aromatic heterocycles. The lowest BCUT2D eigenvalue weighted by Crippen LogP contribution is -2.26. The van der Waals surface area contributed by atoms with Crippen molar-refractivity contribution in [2.24, 2.45) is 0 Å². The first-order valence-electron chi connectivity index (χ1n) is 5.55. The van der Waals surface area contributed by atoms with Gasteiger partial charge < -0.3 is 5.11 Å². The van der Waals surface area contributed by atoms with Crippen LogP contribution in [-0.4, -0.2) is 36.0 Å². The maximum atomic E-state index is 11.9. The van der Waals surface area contributed by atoms with Gasteiger partial charge in [0.25, 0.3) is 10.0 Å². The molecule has 0 unspecified atom stereocenters. The number of aromatic nitrogens is 2. The predicted octanol–water partition coefficient (Wildman–Crippen LogP) is 0.757. The summed E-state index contributed by atoms with van der Waals surface area (Å²) < 4.78 is 26.2. The molecule has 0 saturated heterocycles. The second-order valence-electron chi connectivity index (χ2n) is 3.82. The number of aromatic carboxylic acids is 1. The largest absolute Gasteiger partial charge is 0.478 e. The van der Waals surface area contributed by atoms with Crippen LogP contribution in [0.3, 0.4) is 0 Å². The van der Waals surface area contributed by atoms with E-state index in [0.717, 1.165) is 18.0 Å². The number of nitrogens with zero attached hydrogens (tertiary/aromatic N) is 2. The Labute approximate surface area is 119 Å². The Kier molecular flexibility index (Phi) is 4.42. The van der Waals surface area contributed by atoms with Gasteiger partial charge in [-0.05, 0) is 12.1 Å². The molecule has 9 heteroatoms. The molecule has 2 N–H and O–H groups in total. The van der Waals surface area contributed by atoms with E-state index in [-0.39, 0.29) is 17.1 Å². The summed E-state index contributed by atoms with van der Waals surface area (Å²) in [6.45, 7) is 0.203. The third-order valence-corrected chi connectivity index (χ3v) is 4.43. The average Bonchev–Trinajstić information content (AvgIpc) is 2.92. The molecule has 7 nitrogen and oxygen atoms in total. The highest BCUT2D eigenvalue weighted by Gasteiger charge is 2.16. The van der Waals surface area contributed by atoms with Crippen LogP contribution in [-0.2, 0) is 16.4 Å². The van der Waals surface area contributed by atoms with E-state index >= 15 is 0 Å². The number of carbonyl (C=O) groups is 1. The van der Waals surface area contributed by atoms with Crippen molar-refractivity contribution in [3.63, 3.8) is 0 Å². The SMILES string of the molecule is O=C(O)c1ccc(S(=O)(=O)NCCc2cscn2)nc1. The van der Waals surface area contributed by atoms with Crippen LogP contribution in [0.15, 0.2) is 34.2 Å². The lowest BCUT2D eigenvalue weighted by Gasteiger charge is -2.05. The number of rotatable bonds is 6. The summed E-state index contributed by atoms with van der Waals surface area (Å²) in [7, 11) is -3.73. The first-order valence-corrected chi connectivity index (χ1v) is 7.98. The zero-order chi connectivity index (χ0) is 14.6. The van der Waals surface area contributed by atoms with Gasteiger partial charge in [0.05, 0.1) is 16.8 Å². The molecule has 0 fully saturated rings. The van der Waals surface area contributed by atoms with Gasteiger partial charge in [0.2, 0.25) is 0 Å². The van der Waals surface area contributed by atoms with Crippen LogP contribution >= 0.6 is 11.3 Å². The van der Waals surface area contributed by atoms with E-state index in [1.165, 1.54) is 17.4 Å². The predicted molar refractivity (Wildman–Crippen MR) is 72.2 cm³/mol. The lowest BCUT2D eigenvalue weighted by molar-refractivity contribution is 0.0696. The molecular formula is C11H11N3O4S2. The minimum Gasteiger partial charge on any atom is -0.478 e. The molecule has 0 saturated carbocycles. The fraction of sp³-hybridized carbons (Fsp3) is 0.182. The molecule has 0 aliphatic carbocycles. The van der Waals surface area contributed by atoms with Crippen molar-refractivity contribution in [3.8, 4) is 0 Å². The number of hydrogen-bond donors (Lipinski definition) is 2. The summed E-state index contributed by atoms with van der Waals surface area (Å²) in [4.78, 5) is 18.3. The Morgan fingerprint density at radius 3 is 2.70 bits per heavy atom. The summed E-state index contributed by atoms with van der Waals surface area (Å²) in [5.74, 6) is -1.15. The molecule has 106 valence electrons. The molecule has 2 aromatic rings. The Balaban J connectivity index is 2.00. The second kappa shape index (κ2) is 6.07. The standard InChI is InChI=1S/C11H11N3O4S2/c15-11(16)8-1-2-10(12-5-8)20(17,18)14-4-3-9-6-19-7-13-9/h1-2,5-7,14H,3-4H2,(H,15,16). The summed E-state index contributed by atoms with van der Waals surface area (Å²) in [5.41, 5.74) is 2.43. The molecule has 0 radical (unpaired) electrons. The summed E-state index contributed by atoms with van der Waals surface area (Å²) in [5, 5.41) is 10.3. The van der Waals surface area contributed by atoms with Crippen LogP contribution in [0.5, 0.6) is 0 Å². The van der Waals surface area contributed by atoms with Gasteiger partial charge in [-0.2, -0.15) is 0 Å². The molecule has 0 atom stereocenters. The van der Waals surface area contributed by atoms with Gasteiger partial charge in [0.15, 0.2) is 5.03 Å². The Hall–Kier alpha value is -1.84. The Morgan fingerprint density at radius 1 is 1.35 bits per heavy atom. The Morgan fingerprint density at radius 2 is 2.15 bits per heavy atom. The van der Waals surface area contributed by atoms with Crippen molar-refractivity contribution in [1.29, 1.82) is 0 Å². The van der Waals surface area contributed by atoms with Crippen LogP contribution in [0, 0.1) is 0 Å². The van der Waals surface area contributed by atoms with Gasteiger partial charge in [-0.3, -0.25) is 0 Å². The fourth-order valence-corrected chi connectivity index (χ4v) is 2.96. The first-order chi connectivity index (χ1) is 9.49. The van der Waals surface area contributed by atoms with Crippen LogP contribution in [0.25, 0.3) is 0 Å². The molecular weight excluding hydrogens is 302 g/mol. The molecule has 0 spiro atoms. The number of sulfonamides is 1. The number of thiazole rings is 1. The molecule has 2 rings (SSSR count). The molecule has 0 aromatic carbocycles. The molecule has 0 aliphatic rings. The van der Waals surface area contributed by atoms with Crippen molar-refractivity contribution >= 4 is 27.3 Å². The highest BCUT2D eigenvalue weighted by Crippen LogP contribution is 2.07. The second-order valence-corrected chi connectivity index (χ2v) is 6.25. The highest BCUT2D eigenvalue weighted by atomic mass is 32.2. The van der Waals surface area contributed by atoms with E-state index in [9.17, 15) is 13.2 Å². The van der Waals surface area contributed by atoms with E-state index in [0.29, 0.717) is 6.42 Å². The first kappa shape index (κ1) is 14.6. The van der Waals surface area contributed by atoms with E-state index in [1.54, 1.807) is 5.51 Å². The number of pyridine rings is 1. The normalized spacial score (nSPS) is 11.4. The maximum absolute atomic E-state index is 11.9. The van der Waals surface area contributed by atoms with Crippen LogP contribution < -0.4 is 4.72 Å². The zero-order valence-electron chi connectivity index (χ0n) is 10.2. The van der Waals surface area contributed by atoms with Crippen molar-refractivity contribution < 1.29 is 18.3 Å². The van der Waals surface area contributed by atoms with Gasteiger partial charge in [0.1, 0.15) is 0 Å². The molecule has 0 amide bonds. The van der Waals surface area contributed by atoms with Gasteiger partial charge in [-0.25, -0.2) is 27.9 Å². The summed E-state index contributed by atoms with van der Waals surface area (Å²) in [6.07, 6.45) is 1.49. The number of nitrogens with one attached hydrogen (secondary N) is 1. The third-order valence-electron chi connectivity index (χ3n) is 2.42. The number of hydrogen-bond acceptors (Lipinski definition) is 6. The van der Waals surface area contributed by atoms with Crippen molar-refractivity contribution in [2.75, 3.05) is 6.54 Å². The smallest absolute Gasteiger partial charge is 0.337 e. The quantitative estimate of drug-likeness (QED) is 0.814. The van der Waals surface area contributed by atoms with Gasteiger partial charge >= 0.3 is 5.97 Å². The lowest BCUT2D eigenvalue weighted by atomic mass is 10.3. The van der Waals surface area contributed by atoms with Crippen molar-refractivity contribution in [2.45, 2.75) is 11.4 Å². The maximum Gasteiger partial charge on any atom is 0.337 e. The fourth-order valence-electron chi connectivity index (χ4n) is 1.41. The van der Waals surface area contributed by atoms with Gasteiger partial charge in [-0.1, -0.05) is 0 Å². The van der Waals surface area contributed by atoms with E-state index in [4.69, 9.17) is 5.11 Å². The van der Waals surface area contributed by atoms with Crippen LogP contribution in [0.4, 0.5) is 0 Å². The highest BCUT2D eigenvalue weighted by molar-refractivity contribution is 7.89.